The number of nitrogens with two attached hydrogens (primary N) is 1. The highest BCUT2D eigenvalue weighted by Gasteiger charge is 2.36. The lowest BCUT2D eigenvalue weighted by Gasteiger charge is -2.25. The molecule has 1 fully saturated rings. The van der Waals surface area contributed by atoms with Gasteiger partial charge in [0.15, 0.2) is 0 Å². The molecular weight excluding hydrogens is 212 g/mol. The molecule has 1 saturated carbocycles. The van der Waals surface area contributed by atoms with Gasteiger partial charge in [-0.05, 0) is 37.7 Å². The molecule has 1 aliphatic rings. The first kappa shape index (κ1) is 12.6. The van der Waals surface area contributed by atoms with Crippen molar-refractivity contribution in [3.8, 4) is 0 Å². The summed E-state index contributed by atoms with van der Waals surface area (Å²) in [5.74, 6) is 6.35. The molecule has 17 heavy (non-hydrogen) atoms. The number of benzene rings is 1. The molecule has 0 radical (unpaired) electrons. The van der Waals surface area contributed by atoms with Crippen LogP contribution in [-0.2, 0) is 11.2 Å². The van der Waals surface area contributed by atoms with Crippen LogP contribution < -0.4 is 11.3 Å². The van der Waals surface area contributed by atoms with E-state index in [1.54, 1.807) is 7.11 Å². The Morgan fingerprint density at radius 2 is 2.00 bits per heavy atom. The van der Waals surface area contributed by atoms with Gasteiger partial charge in [0.1, 0.15) is 0 Å². The molecule has 0 heterocycles. The molecule has 2 unspecified atom stereocenters. The molecule has 0 spiro atoms. The lowest BCUT2D eigenvalue weighted by Crippen LogP contribution is -2.47. The molecule has 0 saturated heterocycles. The Morgan fingerprint density at radius 1 is 1.35 bits per heavy atom. The third kappa shape index (κ3) is 3.28. The van der Waals surface area contributed by atoms with E-state index < -0.39 is 0 Å². The van der Waals surface area contributed by atoms with Gasteiger partial charge >= 0.3 is 0 Å². The summed E-state index contributed by atoms with van der Waals surface area (Å²) in [5.41, 5.74) is 5.51. The number of aryl methyl sites for hydroxylation is 1. The van der Waals surface area contributed by atoms with Gasteiger partial charge in [-0.2, -0.15) is 0 Å². The molecule has 0 amide bonds. The van der Waals surface area contributed by atoms with Crippen LogP contribution in [0.3, 0.4) is 0 Å². The van der Waals surface area contributed by atoms with Crippen molar-refractivity contribution >= 4 is 0 Å². The van der Waals surface area contributed by atoms with Gasteiger partial charge in [-0.15, -0.1) is 0 Å². The maximum absolute atomic E-state index is 5.66. The number of methoxy groups -OCH3 is 1. The molecule has 1 aromatic carbocycles. The number of hydrazine groups is 1. The third-order valence-corrected chi connectivity index (χ3v) is 3.55. The highest BCUT2D eigenvalue weighted by atomic mass is 16.5. The second-order valence-corrected chi connectivity index (χ2v) is 5.00. The van der Waals surface area contributed by atoms with E-state index in [0.717, 1.165) is 6.42 Å². The first-order chi connectivity index (χ1) is 8.24. The van der Waals surface area contributed by atoms with Crippen LogP contribution in [-0.4, -0.2) is 19.3 Å². The summed E-state index contributed by atoms with van der Waals surface area (Å²) in [5, 5.41) is 0. The fraction of sp³-hybridized carbons (Fsp3) is 0.571. The van der Waals surface area contributed by atoms with Gasteiger partial charge in [0, 0.05) is 7.11 Å². The fourth-order valence-corrected chi connectivity index (χ4v) is 2.36. The predicted molar refractivity (Wildman–Crippen MR) is 69.5 cm³/mol. The van der Waals surface area contributed by atoms with Gasteiger partial charge < -0.3 is 4.74 Å². The van der Waals surface area contributed by atoms with Gasteiger partial charge in [0.05, 0.1) is 12.1 Å². The van der Waals surface area contributed by atoms with Crippen LogP contribution in [0, 0.1) is 12.8 Å². The molecular formula is C14H22N2O. The highest BCUT2D eigenvalue weighted by Crippen LogP contribution is 2.36. The molecule has 0 bridgehead atoms. The summed E-state index contributed by atoms with van der Waals surface area (Å²) < 4.78 is 5.58. The molecule has 3 heteroatoms. The van der Waals surface area contributed by atoms with Gasteiger partial charge in [-0.25, -0.2) is 0 Å². The van der Waals surface area contributed by atoms with Crippen LogP contribution in [0.4, 0.5) is 0 Å². The SMILES string of the molecule is COC(C1CC1)C(Cc1ccc(C)cc1)NN. The molecule has 3 N–H and O–H groups in total. The fourth-order valence-electron chi connectivity index (χ4n) is 2.36. The summed E-state index contributed by atoms with van der Waals surface area (Å²) in [6, 6.07) is 8.82. The van der Waals surface area contributed by atoms with Gasteiger partial charge in [0.2, 0.25) is 0 Å². The normalized spacial score (nSPS) is 19.0. The Labute approximate surface area is 103 Å². The van der Waals surface area contributed by atoms with E-state index in [-0.39, 0.29) is 12.1 Å². The Balaban J connectivity index is 2.00. The number of nitrogens with one attached hydrogen (secondary N) is 1. The number of hydrogen-bond acceptors (Lipinski definition) is 3. The first-order valence-corrected chi connectivity index (χ1v) is 6.29. The van der Waals surface area contributed by atoms with Crippen molar-refractivity contribution in [1.82, 2.24) is 5.43 Å². The summed E-state index contributed by atoms with van der Waals surface area (Å²) in [7, 11) is 1.78. The van der Waals surface area contributed by atoms with Crippen molar-refractivity contribution < 1.29 is 4.74 Å². The monoisotopic (exact) mass is 234 g/mol. The molecule has 1 aliphatic carbocycles. The quantitative estimate of drug-likeness (QED) is 0.583. The summed E-state index contributed by atoms with van der Waals surface area (Å²) >= 11 is 0. The second kappa shape index (κ2) is 5.63. The standard InChI is InChI=1S/C14H22N2O/c1-10-3-5-11(6-4-10)9-13(16-15)14(17-2)12-7-8-12/h3-6,12-14,16H,7-9,15H2,1-2H3. The minimum atomic E-state index is 0.204. The second-order valence-electron chi connectivity index (χ2n) is 5.00. The average molecular weight is 234 g/mol. The summed E-state index contributed by atoms with van der Waals surface area (Å²) in [6.45, 7) is 2.10. The van der Waals surface area contributed by atoms with E-state index in [9.17, 15) is 0 Å². The van der Waals surface area contributed by atoms with Crippen LogP contribution in [0.2, 0.25) is 0 Å². The summed E-state index contributed by atoms with van der Waals surface area (Å²) in [4.78, 5) is 0. The first-order valence-electron chi connectivity index (χ1n) is 6.29. The minimum absolute atomic E-state index is 0.204. The van der Waals surface area contributed by atoms with Crippen LogP contribution in [0.25, 0.3) is 0 Å². The van der Waals surface area contributed by atoms with E-state index in [4.69, 9.17) is 10.6 Å². The molecule has 3 nitrogen and oxygen atoms in total. The lowest BCUT2D eigenvalue weighted by molar-refractivity contribution is 0.0511. The van der Waals surface area contributed by atoms with Crippen molar-refractivity contribution in [1.29, 1.82) is 0 Å². The highest BCUT2D eigenvalue weighted by molar-refractivity contribution is 5.22. The van der Waals surface area contributed by atoms with E-state index in [1.165, 1.54) is 24.0 Å². The van der Waals surface area contributed by atoms with Crippen molar-refractivity contribution in [2.75, 3.05) is 7.11 Å². The maximum atomic E-state index is 5.66. The van der Waals surface area contributed by atoms with Gasteiger partial charge in [-0.3, -0.25) is 11.3 Å². The topological polar surface area (TPSA) is 47.3 Å². The summed E-state index contributed by atoms with van der Waals surface area (Å²) in [6.07, 6.45) is 3.70. The van der Waals surface area contributed by atoms with Gasteiger partial charge in [0.25, 0.3) is 0 Å². The van der Waals surface area contributed by atoms with E-state index >= 15 is 0 Å². The molecule has 94 valence electrons. The van der Waals surface area contributed by atoms with Crippen molar-refractivity contribution in [2.45, 2.75) is 38.3 Å². The number of rotatable bonds is 6. The Kier molecular flexibility index (Phi) is 4.15. The van der Waals surface area contributed by atoms with E-state index in [2.05, 4.69) is 36.6 Å². The zero-order chi connectivity index (χ0) is 12.3. The van der Waals surface area contributed by atoms with Gasteiger partial charge in [-0.1, -0.05) is 29.8 Å². The van der Waals surface area contributed by atoms with Crippen molar-refractivity contribution in [3.63, 3.8) is 0 Å². The van der Waals surface area contributed by atoms with E-state index in [1.807, 2.05) is 0 Å². The van der Waals surface area contributed by atoms with Crippen LogP contribution in [0.5, 0.6) is 0 Å². The smallest absolute Gasteiger partial charge is 0.0769 e. The van der Waals surface area contributed by atoms with Crippen LogP contribution in [0.15, 0.2) is 24.3 Å². The van der Waals surface area contributed by atoms with Crippen LogP contribution >= 0.6 is 0 Å². The Morgan fingerprint density at radius 3 is 2.47 bits per heavy atom. The minimum Gasteiger partial charge on any atom is -0.379 e. The maximum Gasteiger partial charge on any atom is 0.0769 e. The predicted octanol–water partition coefficient (Wildman–Crippen LogP) is 1.79. The zero-order valence-corrected chi connectivity index (χ0v) is 10.6. The zero-order valence-electron chi connectivity index (χ0n) is 10.6. The van der Waals surface area contributed by atoms with Crippen molar-refractivity contribution in [3.05, 3.63) is 35.4 Å². The number of ether oxygens (including phenoxy) is 1. The Hall–Kier alpha value is -0.900. The third-order valence-electron chi connectivity index (χ3n) is 3.55. The molecule has 0 aromatic heterocycles. The molecule has 2 rings (SSSR count). The Bertz CT molecular complexity index is 346. The average Bonchev–Trinajstić information content (AvgIpc) is 3.16. The lowest BCUT2D eigenvalue weighted by atomic mass is 9.98. The largest absolute Gasteiger partial charge is 0.379 e. The van der Waals surface area contributed by atoms with E-state index in [0.29, 0.717) is 5.92 Å². The van der Waals surface area contributed by atoms with Crippen LogP contribution in [0.1, 0.15) is 24.0 Å². The van der Waals surface area contributed by atoms with Crippen molar-refractivity contribution in [2.24, 2.45) is 11.8 Å². The molecule has 2 atom stereocenters. The molecule has 1 aromatic rings. The molecule has 0 aliphatic heterocycles. The number of hydrogen-bond donors (Lipinski definition) is 2.